The molecule has 72 valence electrons. The van der Waals surface area contributed by atoms with E-state index in [0.717, 1.165) is 23.2 Å². The molecule has 0 atom stereocenters. The van der Waals surface area contributed by atoms with Crippen molar-refractivity contribution >= 4 is 0 Å². The fourth-order valence-electron chi connectivity index (χ4n) is 1.37. The highest BCUT2D eigenvalue weighted by molar-refractivity contribution is 5.61. The third-order valence-corrected chi connectivity index (χ3v) is 2.07. The fraction of sp³-hybridized carbons (Fsp3) is 0.182. The number of rotatable bonds is 3. The van der Waals surface area contributed by atoms with E-state index in [2.05, 4.69) is 4.98 Å². The molecule has 0 unspecified atom stereocenters. The lowest BCUT2D eigenvalue weighted by molar-refractivity contribution is 0.568. The number of nitrogens with zero attached hydrogens (tertiary/aromatic N) is 1. The van der Waals surface area contributed by atoms with Gasteiger partial charge >= 0.3 is 0 Å². The maximum atomic E-state index is 5.47. The van der Waals surface area contributed by atoms with E-state index in [1.54, 1.807) is 18.7 Å². The average molecular weight is 188 g/mol. The van der Waals surface area contributed by atoms with Crippen LogP contribution in [0.5, 0.6) is 0 Å². The van der Waals surface area contributed by atoms with E-state index in [1.165, 1.54) is 0 Å². The molecule has 0 amide bonds. The summed E-state index contributed by atoms with van der Waals surface area (Å²) in [5.74, 6) is 0. The van der Waals surface area contributed by atoms with Crippen molar-refractivity contribution in [3.05, 3.63) is 42.6 Å². The largest absolute Gasteiger partial charge is 0.472 e. The number of furan rings is 1. The Bertz CT molecular complexity index is 395. The van der Waals surface area contributed by atoms with Crippen LogP contribution in [0.2, 0.25) is 0 Å². The third-order valence-electron chi connectivity index (χ3n) is 2.07. The van der Waals surface area contributed by atoms with Crippen molar-refractivity contribution < 1.29 is 4.42 Å². The van der Waals surface area contributed by atoms with Gasteiger partial charge in [-0.15, -0.1) is 0 Å². The molecule has 0 aliphatic carbocycles. The molecule has 0 fully saturated rings. The predicted molar refractivity (Wildman–Crippen MR) is 54.7 cm³/mol. The van der Waals surface area contributed by atoms with Gasteiger partial charge < -0.3 is 10.2 Å². The molecule has 0 aliphatic rings. The third kappa shape index (κ3) is 1.83. The molecule has 0 bridgehead atoms. The summed E-state index contributed by atoms with van der Waals surface area (Å²) in [5.41, 5.74) is 8.69. The van der Waals surface area contributed by atoms with Crippen LogP contribution in [0.4, 0.5) is 0 Å². The van der Waals surface area contributed by atoms with Crippen LogP contribution in [-0.4, -0.2) is 11.5 Å². The van der Waals surface area contributed by atoms with E-state index in [0.29, 0.717) is 6.54 Å². The Morgan fingerprint density at radius 3 is 2.93 bits per heavy atom. The molecular weight excluding hydrogens is 176 g/mol. The molecule has 3 heteroatoms. The first-order valence-corrected chi connectivity index (χ1v) is 4.58. The van der Waals surface area contributed by atoms with Crippen molar-refractivity contribution in [1.29, 1.82) is 0 Å². The average Bonchev–Trinajstić information content (AvgIpc) is 2.71. The number of nitrogens with two attached hydrogens (primary N) is 1. The van der Waals surface area contributed by atoms with E-state index in [9.17, 15) is 0 Å². The van der Waals surface area contributed by atoms with Gasteiger partial charge in [-0.2, -0.15) is 0 Å². The quantitative estimate of drug-likeness (QED) is 0.799. The fourth-order valence-corrected chi connectivity index (χ4v) is 1.37. The smallest absolute Gasteiger partial charge is 0.0980 e. The normalized spacial score (nSPS) is 10.4. The van der Waals surface area contributed by atoms with Crippen LogP contribution in [0.15, 0.2) is 41.3 Å². The van der Waals surface area contributed by atoms with E-state index in [-0.39, 0.29) is 0 Å². The summed E-state index contributed by atoms with van der Waals surface area (Å²) in [6, 6.07) is 5.93. The highest BCUT2D eigenvalue weighted by Gasteiger charge is 2.00. The number of hydrogen-bond acceptors (Lipinski definition) is 3. The van der Waals surface area contributed by atoms with Crippen LogP contribution in [0, 0.1) is 0 Å². The molecule has 2 heterocycles. The second-order valence-electron chi connectivity index (χ2n) is 3.09. The second-order valence-corrected chi connectivity index (χ2v) is 3.09. The van der Waals surface area contributed by atoms with Gasteiger partial charge in [-0.3, -0.25) is 4.98 Å². The number of aromatic nitrogens is 1. The summed E-state index contributed by atoms with van der Waals surface area (Å²) in [4.78, 5) is 4.23. The van der Waals surface area contributed by atoms with Crippen molar-refractivity contribution in [2.45, 2.75) is 6.42 Å². The molecule has 0 aliphatic heterocycles. The van der Waals surface area contributed by atoms with E-state index in [1.807, 2.05) is 18.2 Å². The van der Waals surface area contributed by atoms with Gasteiger partial charge in [0.25, 0.3) is 0 Å². The molecular formula is C11H12N2O. The standard InChI is InChI=1S/C11H12N2O/c12-4-1-11-7-9(2-5-13-11)10-3-6-14-8-10/h2-3,5-8H,1,4,12H2. The molecule has 3 nitrogen and oxygen atoms in total. The zero-order valence-electron chi connectivity index (χ0n) is 7.81. The summed E-state index contributed by atoms with van der Waals surface area (Å²) >= 11 is 0. The Labute approximate surface area is 82.6 Å². The van der Waals surface area contributed by atoms with Gasteiger partial charge in [-0.05, 0) is 30.3 Å². The lowest BCUT2D eigenvalue weighted by Crippen LogP contribution is -2.04. The van der Waals surface area contributed by atoms with Gasteiger partial charge in [0, 0.05) is 23.9 Å². The molecule has 0 saturated carbocycles. The molecule has 0 saturated heterocycles. The lowest BCUT2D eigenvalue weighted by Gasteiger charge is -2.00. The molecule has 0 spiro atoms. The zero-order chi connectivity index (χ0) is 9.80. The molecule has 2 aromatic rings. The highest BCUT2D eigenvalue weighted by Crippen LogP contribution is 2.19. The molecule has 0 aromatic carbocycles. The highest BCUT2D eigenvalue weighted by atomic mass is 16.3. The Morgan fingerprint density at radius 2 is 2.21 bits per heavy atom. The van der Waals surface area contributed by atoms with Gasteiger partial charge in [0.1, 0.15) is 0 Å². The molecule has 14 heavy (non-hydrogen) atoms. The summed E-state index contributed by atoms with van der Waals surface area (Å²) in [6.45, 7) is 0.627. The minimum atomic E-state index is 0.627. The van der Waals surface area contributed by atoms with Crippen molar-refractivity contribution in [1.82, 2.24) is 4.98 Å². The first kappa shape index (κ1) is 8.97. The minimum Gasteiger partial charge on any atom is -0.472 e. The Kier molecular flexibility index (Phi) is 2.60. The molecule has 2 N–H and O–H groups in total. The Balaban J connectivity index is 2.31. The minimum absolute atomic E-state index is 0.627. The second kappa shape index (κ2) is 4.07. The van der Waals surface area contributed by atoms with Crippen LogP contribution in [0.25, 0.3) is 11.1 Å². The van der Waals surface area contributed by atoms with Crippen LogP contribution in [0.1, 0.15) is 5.69 Å². The van der Waals surface area contributed by atoms with Crippen LogP contribution in [-0.2, 0) is 6.42 Å². The summed E-state index contributed by atoms with van der Waals surface area (Å²) in [5, 5.41) is 0. The predicted octanol–water partition coefficient (Wildman–Crippen LogP) is 1.84. The van der Waals surface area contributed by atoms with Gasteiger partial charge in [-0.25, -0.2) is 0 Å². The van der Waals surface area contributed by atoms with Gasteiger partial charge in [0.15, 0.2) is 0 Å². The zero-order valence-corrected chi connectivity index (χ0v) is 7.81. The van der Waals surface area contributed by atoms with Crippen molar-refractivity contribution in [2.24, 2.45) is 5.73 Å². The van der Waals surface area contributed by atoms with Crippen LogP contribution < -0.4 is 5.73 Å². The Hall–Kier alpha value is -1.61. The summed E-state index contributed by atoms with van der Waals surface area (Å²) < 4.78 is 5.02. The Morgan fingerprint density at radius 1 is 1.29 bits per heavy atom. The SMILES string of the molecule is NCCc1cc(-c2ccoc2)ccn1. The maximum Gasteiger partial charge on any atom is 0.0980 e. The topological polar surface area (TPSA) is 52.0 Å². The first-order chi connectivity index (χ1) is 6.90. The van der Waals surface area contributed by atoms with Gasteiger partial charge in [0.05, 0.1) is 12.5 Å². The first-order valence-electron chi connectivity index (χ1n) is 4.58. The summed E-state index contributed by atoms with van der Waals surface area (Å²) in [6.07, 6.45) is 6.00. The molecule has 2 aromatic heterocycles. The van der Waals surface area contributed by atoms with Gasteiger partial charge in [0.2, 0.25) is 0 Å². The van der Waals surface area contributed by atoms with Crippen LogP contribution in [0.3, 0.4) is 0 Å². The number of pyridine rings is 1. The summed E-state index contributed by atoms with van der Waals surface area (Å²) in [7, 11) is 0. The number of hydrogen-bond donors (Lipinski definition) is 1. The van der Waals surface area contributed by atoms with Crippen molar-refractivity contribution in [3.8, 4) is 11.1 Å². The molecule has 2 rings (SSSR count). The van der Waals surface area contributed by atoms with Crippen molar-refractivity contribution in [2.75, 3.05) is 6.54 Å². The lowest BCUT2D eigenvalue weighted by atomic mass is 10.1. The van der Waals surface area contributed by atoms with E-state index >= 15 is 0 Å². The van der Waals surface area contributed by atoms with E-state index in [4.69, 9.17) is 10.2 Å². The monoisotopic (exact) mass is 188 g/mol. The van der Waals surface area contributed by atoms with E-state index < -0.39 is 0 Å². The molecule has 0 radical (unpaired) electrons. The van der Waals surface area contributed by atoms with Crippen LogP contribution >= 0.6 is 0 Å². The van der Waals surface area contributed by atoms with Crippen molar-refractivity contribution in [3.63, 3.8) is 0 Å². The maximum absolute atomic E-state index is 5.47. The van der Waals surface area contributed by atoms with Gasteiger partial charge in [-0.1, -0.05) is 0 Å².